The fourth-order valence-corrected chi connectivity index (χ4v) is 5.11. The van der Waals surface area contributed by atoms with E-state index in [0.29, 0.717) is 19.4 Å². The van der Waals surface area contributed by atoms with Gasteiger partial charge in [0, 0.05) is 25.3 Å². The van der Waals surface area contributed by atoms with E-state index >= 15 is 0 Å². The number of amides is 1. The van der Waals surface area contributed by atoms with Gasteiger partial charge in [-0.2, -0.15) is 0 Å². The van der Waals surface area contributed by atoms with Crippen molar-refractivity contribution in [2.24, 2.45) is 12.5 Å². The van der Waals surface area contributed by atoms with Gasteiger partial charge in [-0.25, -0.2) is 0 Å². The van der Waals surface area contributed by atoms with Crippen LogP contribution in [0.4, 0.5) is 0 Å². The predicted molar refractivity (Wildman–Crippen MR) is 108 cm³/mol. The summed E-state index contributed by atoms with van der Waals surface area (Å²) >= 11 is 0. The molecule has 3 heterocycles. The van der Waals surface area contributed by atoms with Crippen LogP contribution in [0.1, 0.15) is 42.1 Å². The highest BCUT2D eigenvalue weighted by Gasteiger charge is 2.62. The van der Waals surface area contributed by atoms with Crippen LogP contribution < -0.4 is 5.56 Å². The van der Waals surface area contributed by atoms with Crippen molar-refractivity contribution in [3.05, 3.63) is 70.1 Å². The normalized spacial score (nSPS) is 25.2. The average Bonchev–Trinajstić information content (AvgIpc) is 3.27. The molecule has 152 valence electrons. The van der Waals surface area contributed by atoms with E-state index < -0.39 is 5.41 Å². The molecule has 3 atom stereocenters. The van der Waals surface area contributed by atoms with Crippen molar-refractivity contribution in [1.82, 2.24) is 9.47 Å². The van der Waals surface area contributed by atoms with Crippen LogP contribution in [0.5, 0.6) is 0 Å². The number of carbonyl (C=O) groups is 2. The molecule has 0 aliphatic carbocycles. The Kier molecular flexibility index (Phi) is 5.03. The number of hydrogen-bond acceptors (Lipinski definition) is 4. The summed E-state index contributed by atoms with van der Waals surface area (Å²) in [6, 6.07) is 12.8. The summed E-state index contributed by atoms with van der Waals surface area (Å²) in [7, 11) is 1.63. The van der Waals surface area contributed by atoms with Gasteiger partial charge in [0.05, 0.1) is 12.0 Å². The molecule has 0 radical (unpaired) electrons. The van der Waals surface area contributed by atoms with E-state index in [-0.39, 0.29) is 35.1 Å². The highest BCUT2D eigenvalue weighted by atomic mass is 16.5. The largest absolute Gasteiger partial charge is 0.465 e. The van der Waals surface area contributed by atoms with Crippen LogP contribution >= 0.6 is 0 Å². The van der Waals surface area contributed by atoms with E-state index in [4.69, 9.17) is 4.74 Å². The molecule has 6 nitrogen and oxygen atoms in total. The molecule has 2 saturated heterocycles. The molecule has 4 rings (SSSR count). The molecule has 6 heteroatoms. The molecule has 2 aliphatic heterocycles. The van der Waals surface area contributed by atoms with Crippen molar-refractivity contribution < 1.29 is 14.3 Å². The zero-order valence-electron chi connectivity index (χ0n) is 16.8. The van der Waals surface area contributed by atoms with E-state index in [1.54, 1.807) is 37.2 Å². The standard InChI is InChI=1S/C23H26N2O4/c1-3-29-22(28)23(14-16-8-5-4-6-9-16)15-17-11-12-19(23)25(17)21(27)18-10-7-13-24(2)20(18)26/h4-10,13,17,19H,3,11-12,14-15H2,1-2H3/t17-,19+,23+/m1/s1. The Labute approximate surface area is 170 Å². The monoisotopic (exact) mass is 394 g/mol. The number of aryl methyl sites for hydroxylation is 1. The van der Waals surface area contributed by atoms with Crippen LogP contribution in [-0.4, -0.2) is 40.0 Å². The Morgan fingerprint density at radius 3 is 2.62 bits per heavy atom. The summed E-state index contributed by atoms with van der Waals surface area (Å²) in [4.78, 5) is 40.8. The van der Waals surface area contributed by atoms with Gasteiger partial charge in [0.15, 0.2) is 0 Å². The van der Waals surface area contributed by atoms with Gasteiger partial charge in [0.1, 0.15) is 5.56 Å². The van der Waals surface area contributed by atoms with Crippen LogP contribution in [0.25, 0.3) is 0 Å². The number of pyridine rings is 1. The van der Waals surface area contributed by atoms with Crippen molar-refractivity contribution in [2.45, 2.75) is 44.7 Å². The average molecular weight is 394 g/mol. The summed E-state index contributed by atoms with van der Waals surface area (Å²) in [5.74, 6) is -0.521. The van der Waals surface area contributed by atoms with Gasteiger partial charge in [-0.3, -0.25) is 14.4 Å². The summed E-state index contributed by atoms with van der Waals surface area (Å²) in [5.41, 5.74) is 0.131. The lowest BCUT2D eigenvalue weighted by atomic mass is 9.70. The Balaban J connectivity index is 1.72. The summed E-state index contributed by atoms with van der Waals surface area (Å²) in [6.45, 7) is 2.11. The zero-order valence-corrected chi connectivity index (χ0v) is 16.8. The number of benzene rings is 1. The second-order valence-corrected chi connectivity index (χ2v) is 8.04. The Morgan fingerprint density at radius 1 is 1.14 bits per heavy atom. The molecule has 2 bridgehead atoms. The van der Waals surface area contributed by atoms with E-state index in [2.05, 4.69) is 0 Å². The highest BCUT2D eigenvalue weighted by molar-refractivity contribution is 5.96. The second-order valence-electron chi connectivity index (χ2n) is 8.04. The first-order valence-corrected chi connectivity index (χ1v) is 10.2. The predicted octanol–water partition coefficient (Wildman–Crippen LogP) is 2.55. The molecular weight excluding hydrogens is 368 g/mol. The fourth-order valence-electron chi connectivity index (χ4n) is 5.11. The third kappa shape index (κ3) is 3.16. The van der Waals surface area contributed by atoms with E-state index in [0.717, 1.165) is 18.4 Å². The fraction of sp³-hybridized carbons (Fsp3) is 0.435. The first-order valence-electron chi connectivity index (χ1n) is 10.2. The lowest BCUT2D eigenvalue weighted by Gasteiger charge is -2.35. The van der Waals surface area contributed by atoms with E-state index in [9.17, 15) is 14.4 Å². The van der Waals surface area contributed by atoms with Crippen LogP contribution in [0.2, 0.25) is 0 Å². The van der Waals surface area contributed by atoms with Crippen LogP contribution in [0.15, 0.2) is 53.5 Å². The van der Waals surface area contributed by atoms with Gasteiger partial charge in [-0.15, -0.1) is 0 Å². The van der Waals surface area contributed by atoms with Gasteiger partial charge in [-0.05, 0) is 50.3 Å². The number of ether oxygens (including phenoxy) is 1. The smallest absolute Gasteiger partial charge is 0.314 e. The summed E-state index contributed by atoms with van der Waals surface area (Å²) in [6.07, 6.45) is 4.33. The van der Waals surface area contributed by atoms with Gasteiger partial charge in [0.25, 0.3) is 11.5 Å². The molecule has 0 unspecified atom stereocenters. The number of hydrogen-bond donors (Lipinski definition) is 0. The summed E-state index contributed by atoms with van der Waals surface area (Å²) in [5, 5.41) is 0. The quantitative estimate of drug-likeness (QED) is 0.731. The van der Waals surface area contributed by atoms with Gasteiger partial charge < -0.3 is 14.2 Å². The van der Waals surface area contributed by atoms with Crippen molar-refractivity contribution in [3.8, 4) is 0 Å². The molecule has 1 aromatic heterocycles. The minimum absolute atomic E-state index is 0.0504. The van der Waals surface area contributed by atoms with E-state index in [1.165, 1.54) is 4.57 Å². The van der Waals surface area contributed by atoms with Gasteiger partial charge in [-0.1, -0.05) is 30.3 Å². The maximum absolute atomic E-state index is 13.4. The van der Waals surface area contributed by atoms with Crippen molar-refractivity contribution in [1.29, 1.82) is 0 Å². The number of carbonyl (C=O) groups excluding carboxylic acids is 2. The number of rotatable bonds is 5. The topological polar surface area (TPSA) is 68.6 Å². The molecular formula is C23H26N2O4. The number of nitrogens with zero attached hydrogens (tertiary/aromatic N) is 2. The Morgan fingerprint density at radius 2 is 1.90 bits per heavy atom. The third-order valence-corrected chi connectivity index (χ3v) is 6.37. The summed E-state index contributed by atoms with van der Waals surface area (Å²) < 4.78 is 6.90. The number of fused-ring (bicyclic) bond motifs is 2. The zero-order chi connectivity index (χ0) is 20.6. The molecule has 2 aliphatic rings. The van der Waals surface area contributed by atoms with Crippen molar-refractivity contribution in [2.75, 3.05) is 6.61 Å². The SMILES string of the molecule is CCOC(=O)[C@@]1(Cc2ccccc2)C[C@H]2CC[C@@H]1N2C(=O)c1cccn(C)c1=O. The molecule has 1 aromatic carbocycles. The molecule has 0 N–H and O–H groups in total. The first-order chi connectivity index (χ1) is 14.0. The molecule has 2 fully saturated rings. The van der Waals surface area contributed by atoms with Crippen molar-refractivity contribution in [3.63, 3.8) is 0 Å². The van der Waals surface area contributed by atoms with Crippen molar-refractivity contribution >= 4 is 11.9 Å². The Bertz CT molecular complexity index is 984. The van der Waals surface area contributed by atoms with Crippen LogP contribution in [-0.2, 0) is 23.0 Å². The highest BCUT2D eigenvalue weighted by Crippen LogP contribution is 2.52. The van der Waals surface area contributed by atoms with Gasteiger partial charge >= 0.3 is 5.97 Å². The maximum atomic E-state index is 13.4. The van der Waals surface area contributed by atoms with Crippen LogP contribution in [0, 0.1) is 5.41 Å². The van der Waals surface area contributed by atoms with E-state index in [1.807, 2.05) is 30.3 Å². The molecule has 0 spiro atoms. The molecule has 0 saturated carbocycles. The molecule has 1 amide bonds. The molecule has 29 heavy (non-hydrogen) atoms. The maximum Gasteiger partial charge on any atom is 0.314 e. The number of aromatic nitrogens is 1. The third-order valence-electron chi connectivity index (χ3n) is 6.37. The first kappa shape index (κ1) is 19.4. The minimum atomic E-state index is -0.768. The van der Waals surface area contributed by atoms with Crippen LogP contribution in [0.3, 0.4) is 0 Å². The van der Waals surface area contributed by atoms with Gasteiger partial charge in [0.2, 0.25) is 0 Å². The Hall–Kier alpha value is -2.89. The minimum Gasteiger partial charge on any atom is -0.465 e. The lowest BCUT2D eigenvalue weighted by molar-refractivity contribution is -0.157. The number of esters is 1. The lowest BCUT2D eigenvalue weighted by Crippen LogP contribution is -2.48. The second kappa shape index (κ2) is 7.50. The molecule has 2 aromatic rings.